The van der Waals surface area contributed by atoms with Gasteiger partial charge in [0.25, 0.3) is 0 Å². The van der Waals surface area contributed by atoms with Gasteiger partial charge in [-0.05, 0) is 19.8 Å². The lowest BCUT2D eigenvalue weighted by Gasteiger charge is -2.27. The Morgan fingerprint density at radius 1 is 1.55 bits per heavy atom. The van der Waals surface area contributed by atoms with Crippen LogP contribution in [0.25, 0.3) is 0 Å². The van der Waals surface area contributed by atoms with Crippen LogP contribution in [0.15, 0.2) is 12.7 Å². The van der Waals surface area contributed by atoms with Gasteiger partial charge in [-0.15, -0.1) is 6.58 Å². The molecule has 0 saturated carbocycles. The van der Waals surface area contributed by atoms with Crippen molar-refractivity contribution in [1.82, 2.24) is 10.2 Å². The van der Waals surface area contributed by atoms with E-state index in [9.17, 15) is 22.8 Å². The Labute approximate surface area is 114 Å². The number of likely N-dealkylation sites (tertiary alicyclic amines) is 1. The van der Waals surface area contributed by atoms with Gasteiger partial charge < -0.3 is 15.3 Å². The molecule has 1 heterocycles. The molecule has 2 amide bonds. The fourth-order valence-corrected chi connectivity index (χ4v) is 2.12. The van der Waals surface area contributed by atoms with Gasteiger partial charge in [0.1, 0.15) is 0 Å². The molecule has 1 aliphatic rings. The van der Waals surface area contributed by atoms with Gasteiger partial charge in [0.2, 0.25) is 0 Å². The zero-order chi connectivity index (χ0) is 15.6. The van der Waals surface area contributed by atoms with Crippen molar-refractivity contribution in [3.63, 3.8) is 0 Å². The molecule has 20 heavy (non-hydrogen) atoms. The van der Waals surface area contributed by atoms with E-state index < -0.39 is 36.6 Å². The molecule has 0 aromatic heterocycles. The highest BCUT2D eigenvalue weighted by molar-refractivity contribution is 5.80. The third kappa shape index (κ3) is 3.05. The van der Waals surface area contributed by atoms with E-state index in [4.69, 9.17) is 5.11 Å². The molecule has 0 aliphatic carbocycles. The predicted octanol–water partition coefficient (Wildman–Crippen LogP) is 2.00. The van der Waals surface area contributed by atoms with E-state index in [1.807, 2.05) is 0 Å². The summed E-state index contributed by atoms with van der Waals surface area (Å²) in [6, 6.07) is -0.961. The molecule has 1 saturated heterocycles. The van der Waals surface area contributed by atoms with Gasteiger partial charge in [0.15, 0.2) is 5.41 Å². The highest BCUT2D eigenvalue weighted by atomic mass is 19.4. The SMILES string of the molecule is C=CCC(C)NC(=O)N1CCC(C(=O)O)(C(F)(F)F)C1. The Kier molecular flexibility index (Phi) is 4.67. The standard InChI is InChI=1S/C12H17F3N2O3/c1-3-4-8(2)16-10(20)17-6-5-11(7-17,9(18)19)12(13,14)15/h3,8H,1,4-7H2,2H3,(H,16,20)(H,18,19). The molecule has 2 unspecified atom stereocenters. The molecular weight excluding hydrogens is 277 g/mol. The molecule has 1 rings (SSSR count). The van der Waals surface area contributed by atoms with Crippen LogP contribution in [0.4, 0.5) is 18.0 Å². The zero-order valence-corrected chi connectivity index (χ0v) is 11.0. The molecular formula is C12H17F3N2O3. The number of urea groups is 1. The molecule has 1 fully saturated rings. The number of hydrogen-bond acceptors (Lipinski definition) is 2. The minimum atomic E-state index is -4.89. The molecule has 2 atom stereocenters. The van der Waals surface area contributed by atoms with Crippen LogP contribution in [0.3, 0.4) is 0 Å². The normalized spacial score (nSPS) is 24.3. The van der Waals surface area contributed by atoms with Gasteiger partial charge in [-0.25, -0.2) is 4.79 Å². The van der Waals surface area contributed by atoms with Crippen molar-refractivity contribution in [2.45, 2.75) is 32.0 Å². The maximum atomic E-state index is 12.9. The van der Waals surface area contributed by atoms with Crippen LogP contribution in [0.5, 0.6) is 0 Å². The van der Waals surface area contributed by atoms with Crippen LogP contribution in [-0.2, 0) is 4.79 Å². The zero-order valence-electron chi connectivity index (χ0n) is 11.0. The number of carboxylic acids is 1. The number of carbonyl (C=O) groups is 2. The fourth-order valence-electron chi connectivity index (χ4n) is 2.12. The monoisotopic (exact) mass is 294 g/mol. The summed E-state index contributed by atoms with van der Waals surface area (Å²) in [5.74, 6) is -1.94. The lowest BCUT2D eigenvalue weighted by molar-refractivity contribution is -0.226. The highest BCUT2D eigenvalue weighted by Gasteiger charge is 2.64. The number of nitrogens with zero attached hydrogens (tertiary/aromatic N) is 1. The number of amides is 2. The average Bonchev–Trinajstić information content (AvgIpc) is 2.74. The quantitative estimate of drug-likeness (QED) is 0.779. The number of nitrogens with one attached hydrogen (secondary N) is 1. The van der Waals surface area contributed by atoms with Gasteiger partial charge in [0, 0.05) is 19.1 Å². The number of carbonyl (C=O) groups excluding carboxylic acids is 1. The molecule has 0 aromatic rings. The summed E-state index contributed by atoms with van der Waals surface area (Å²) in [5, 5.41) is 11.4. The van der Waals surface area contributed by atoms with E-state index >= 15 is 0 Å². The van der Waals surface area contributed by atoms with Crippen molar-refractivity contribution in [3.05, 3.63) is 12.7 Å². The number of alkyl halides is 3. The average molecular weight is 294 g/mol. The van der Waals surface area contributed by atoms with Crippen LogP contribution >= 0.6 is 0 Å². The minimum absolute atomic E-state index is 0.238. The van der Waals surface area contributed by atoms with Crippen molar-refractivity contribution in [2.75, 3.05) is 13.1 Å². The first-order valence-electron chi connectivity index (χ1n) is 6.10. The first-order valence-corrected chi connectivity index (χ1v) is 6.10. The summed E-state index contributed by atoms with van der Waals surface area (Å²) in [4.78, 5) is 23.6. The molecule has 2 N–H and O–H groups in total. The number of halogens is 3. The van der Waals surface area contributed by atoms with E-state index in [1.54, 1.807) is 13.0 Å². The van der Waals surface area contributed by atoms with E-state index in [0.29, 0.717) is 6.42 Å². The van der Waals surface area contributed by atoms with E-state index in [2.05, 4.69) is 11.9 Å². The lowest BCUT2D eigenvalue weighted by atomic mass is 9.86. The van der Waals surface area contributed by atoms with Crippen molar-refractivity contribution < 1.29 is 27.9 Å². The predicted molar refractivity (Wildman–Crippen MR) is 65.1 cm³/mol. The summed E-state index contributed by atoms with van der Waals surface area (Å²) in [5.41, 5.74) is -2.87. The largest absolute Gasteiger partial charge is 0.481 e. The molecule has 8 heteroatoms. The molecule has 1 aliphatic heterocycles. The first kappa shape index (κ1) is 16.3. The van der Waals surface area contributed by atoms with Crippen LogP contribution in [0, 0.1) is 5.41 Å². The summed E-state index contributed by atoms with van der Waals surface area (Å²) in [6.45, 7) is 4.08. The van der Waals surface area contributed by atoms with Gasteiger partial charge in [-0.3, -0.25) is 4.79 Å². The molecule has 0 bridgehead atoms. The lowest BCUT2D eigenvalue weighted by Crippen LogP contribution is -2.49. The number of hydrogen-bond donors (Lipinski definition) is 2. The van der Waals surface area contributed by atoms with Crippen molar-refractivity contribution in [1.29, 1.82) is 0 Å². The fraction of sp³-hybridized carbons (Fsp3) is 0.667. The maximum Gasteiger partial charge on any atom is 0.406 e. The Morgan fingerprint density at radius 2 is 2.15 bits per heavy atom. The van der Waals surface area contributed by atoms with Crippen LogP contribution in [0.2, 0.25) is 0 Å². The van der Waals surface area contributed by atoms with E-state index in [1.165, 1.54) is 0 Å². The highest BCUT2D eigenvalue weighted by Crippen LogP contribution is 2.45. The second kappa shape index (κ2) is 5.72. The topological polar surface area (TPSA) is 69.6 Å². The summed E-state index contributed by atoms with van der Waals surface area (Å²) in [6.07, 6.45) is -3.47. The minimum Gasteiger partial charge on any atom is -0.481 e. The van der Waals surface area contributed by atoms with Crippen LogP contribution < -0.4 is 5.32 Å². The van der Waals surface area contributed by atoms with Gasteiger partial charge in [-0.1, -0.05) is 6.08 Å². The van der Waals surface area contributed by atoms with Crippen molar-refractivity contribution in [3.8, 4) is 0 Å². The van der Waals surface area contributed by atoms with Gasteiger partial charge in [0.05, 0.1) is 0 Å². The molecule has 0 spiro atoms. The van der Waals surface area contributed by atoms with Gasteiger partial charge >= 0.3 is 18.2 Å². The Morgan fingerprint density at radius 3 is 2.55 bits per heavy atom. The van der Waals surface area contributed by atoms with Crippen LogP contribution in [0.1, 0.15) is 19.8 Å². The number of rotatable bonds is 4. The first-order chi connectivity index (χ1) is 9.14. The Balaban J connectivity index is 2.77. The molecule has 0 radical (unpaired) electrons. The van der Waals surface area contributed by atoms with Crippen LogP contribution in [-0.4, -0.2) is 47.3 Å². The smallest absolute Gasteiger partial charge is 0.406 e. The number of carboxylic acid groups (broad SMARTS) is 1. The number of aliphatic carboxylic acids is 1. The van der Waals surface area contributed by atoms with Crippen molar-refractivity contribution in [2.24, 2.45) is 5.41 Å². The van der Waals surface area contributed by atoms with Gasteiger partial charge in [-0.2, -0.15) is 13.2 Å². The Bertz CT molecular complexity index is 411. The molecule has 5 nitrogen and oxygen atoms in total. The Hall–Kier alpha value is -1.73. The third-order valence-electron chi connectivity index (χ3n) is 3.40. The summed E-state index contributed by atoms with van der Waals surface area (Å²) >= 11 is 0. The molecule has 114 valence electrons. The molecule has 0 aromatic carbocycles. The van der Waals surface area contributed by atoms with Crippen molar-refractivity contribution >= 4 is 12.0 Å². The third-order valence-corrected chi connectivity index (χ3v) is 3.40. The maximum absolute atomic E-state index is 12.9. The van der Waals surface area contributed by atoms with E-state index in [-0.39, 0.29) is 12.6 Å². The van der Waals surface area contributed by atoms with E-state index in [0.717, 1.165) is 4.90 Å². The second-order valence-electron chi connectivity index (χ2n) is 4.93. The summed E-state index contributed by atoms with van der Waals surface area (Å²) in [7, 11) is 0. The summed E-state index contributed by atoms with van der Waals surface area (Å²) < 4.78 is 38.8. The second-order valence-corrected chi connectivity index (χ2v) is 4.93.